The van der Waals surface area contributed by atoms with Crippen molar-refractivity contribution in [3.05, 3.63) is 39.6 Å². The lowest BCUT2D eigenvalue weighted by Gasteiger charge is -2.34. The zero-order valence-corrected chi connectivity index (χ0v) is 15.0. The lowest BCUT2D eigenvalue weighted by Crippen LogP contribution is -2.48. The molecule has 5 nitrogen and oxygen atoms in total. The summed E-state index contributed by atoms with van der Waals surface area (Å²) < 4.78 is 4.31. The van der Waals surface area contributed by atoms with E-state index >= 15 is 0 Å². The first-order chi connectivity index (χ1) is 11.1. The largest absolute Gasteiger partial charge is 0.343 e. The van der Waals surface area contributed by atoms with E-state index in [1.165, 1.54) is 11.5 Å². The van der Waals surface area contributed by atoms with Crippen molar-refractivity contribution in [1.29, 1.82) is 0 Å². The lowest BCUT2D eigenvalue weighted by atomic mass is 10.2. The Morgan fingerprint density at radius 2 is 2.00 bits per heavy atom. The summed E-state index contributed by atoms with van der Waals surface area (Å²) in [5, 5.41) is 1.64. The molecule has 1 aliphatic rings. The first-order valence-corrected chi connectivity index (χ1v) is 8.94. The highest BCUT2D eigenvalue weighted by atomic mass is 35.5. The zero-order chi connectivity index (χ0) is 16.4. The standard InChI is InChI=1S/C15H16Cl2N4OS/c1-2-12-18-15(23-19-12)21-8-6-20(7-9-21)14(22)10-4-3-5-11(16)13(10)17/h3-5H,2,6-9H2,1H3. The predicted molar refractivity (Wildman–Crippen MR) is 93.9 cm³/mol. The molecular formula is C15H16Cl2N4OS. The van der Waals surface area contributed by atoms with E-state index in [0.29, 0.717) is 28.7 Å². The number of aryl methyl sites for hydroxylation is 1. The third kappa shape index (κ3) is 3.44. The van der Waals surface area contributed by atoms with Crippen molar-refractivity contribution < 1.29 is 4.79 Å². The molecule has 0 saturated carbocycles. The summed E-state index contributed by atoms with van der Waals surface area (Å²) in [5.41, 5.74) is 0.455. The van der Waals surface area contributed by atoms with Crippen molar-refractivity contribution in [3.8, 4) is 0 Å². The zero-order valence-electron chi connectivity index (χ0n) is 12.6. The molecular weight excluding hydrogens is 355 g/mol. The highest BCUT2D eigenvalue weighted by molar-refractivity contribution is 7.09. The number of hydrogen-bond donors (Lipinski definition) is 0. The summed E-state index contributed by atoms with van der Waals surface area (Å²) in [6.07, 6.45) is 0.836. The van der Waals surface area contributed by atoms with Gasteiger partial charge < -0.3 is 9.80 Å². The molecule has 1 fully saturated rings. The minimum absolute atomic E-state index is 0.0799. The van der Waals surface area contributed by atoms with Crippen LogP contribution in [0.5, 0.6) is 0 Å². The number of anilines is 1. The van der Waals surface area contributed by atoms with Crippen molar-refractivity contribution in [1.82, 2.24) is 14.3 Å². The van der Waals surface area contributed by atoms with Crippen LogP contribution >= 0.6 is 34.7 Å². The molecule has 0 radical (unpaired) electrons. The molecule has 0 aliphatic carbocycles. The number of piperazine rings is 1. The average molecular weight is 371 g/mol. The Labute approximate surface area is 149 Å². The van der Waals surface area contributed by atoms with Gasteiger partial charge in [-0.05, 0) is 12.1 Å². The second-order valence-electron chi connectivity index (χ2n) is 5.23. The molecule has 2 heterocycles. The fraction of sp³-hybridized carbons (Fsp3) is 0.400. The van der Waals surface area contributed by atoms with E-state index in [9.17, 15) is 4.79 Å². The van der Waals surface area contributed by atoms with Gasteiger partial charge >= 0.3 is 0 Å². The van der Waals surface area contributed by atoms with Crippen molar-refractivity contribution in [2.45, 2.75) is 13.3 Å². The molecule has 0 spiro atoms. The number of halogens is 2. The summed E-state index contributed by atoms with van der Waals surface area (Å²) in [5.74, 6) is 0.790. The van der Waals surface area contributed by atoms with Crippen LogP contribution in [-0.4, -0.2) is 46.3 Å². The SMILES string of the molecule is CCc1nsc(N2CCN(C(=O)c3cccc(Cl)c3Cl)CC2)n1. The van der Waals surface area contributed by atoms with Crippen molar-refractivity contribution >= 4 is 45.8 Å². The van der Waals surface area contributed by atoms with Crippen molar-refractivity contribution in [3.63, 3.8) is 0 Å². The topological polar surface area (TPSA) is 49.3 Å². The molecule has 1 aliphatic heterocycles. The smallest absolute Gasteiger partial charge is 0.255 e. The molecule has 8 heteroatoms. The van der Waals surface area contributed by atoms with Crippen LogP contribution in [0.25, 0.3) is 0 Å². The molecule has 0 unspecified atom stereocenters. The number of hydrogen-bond acceptors (Lipinski definition) is 5. The fourth-order valence-corrected chi connectivity index (χ4v) is 3.64. The second kappa shape index (κ2) is 7.03. The lowest BCUT2D eigenvalue weighted by molar-refractivity contribution is 0.0747. The van der Waals surface area contributed by atoms with Gasteiger partial charge in [0, 0.05) is 44.1 Å². The predicted octanol–water partition coefficient (Wildman–Crippen LogP) is 3.37. The molecule has 122 valence electrons. The van der Waals surface area contributed by atoms with E-state index in [4.69, 9.17) is 23.2 Å². The van der Waals surface area contributed by atoms with Crippen LogP contribution in [0.15, 0.2) is 18.2 Å². The summed E-state index contributed by atoms with van der Waals surface area (Å²) in [6.45, 7) is 4.77. The van der Waals surface area contributed by atoms with Gasteiger partial charge in [-0.15, -0.1) is 0 Å². The van der Waals surface area contributed by atoms with Crippen LogP contribution < -0.4 is 4.90 Å². The number of benzene rings is 1. The molecule has 2 aromatic rings. The van der Waals surface area contributed by atoms with Gasteiger partial charge in [0.15, 0.2) is 0 Å². The van der Waals surface area contributed by atoms with Crippen LogP contribution in [0.4, 0.5) is 5.13 Å². The first-order valence-electron chi connectivity index (χ1n) is 7.41. The Morgan fingerprint density at radius 1 is 1.26 bits per heavy atom. The monoisotopic (exact) mass is 370 g/mol. The normalized spacial score (nSPS) is 15.1. The number of carbonyl (C=O) groups is 1. The molecule has 3 rings (SSSR count). The third-order valence-corrected chi connectivity index (χ3v) is 5.43. The maximum atomic E-state index is 12.6. The molecule has 1 amide bonds. The van der Waals surface area contributed by atoms with E-state index in [2.05, 4.69) is 14.3 Å². The van der Waals surface area contributed by atoms with E-state index in [1.807, 2.05) is 6.92 Å². The molecule has 1 saturated heterocycles. The average Bonchev–Trinajstić information content (AvgIpc) is 3.06. The maximum Gasteiger partial charge on any atom is 0.255 e. The summed E-state index contributed by atoms with van der Waals surface area (Å²) in [6, 6.07) is 5.13. The Hall–Kier alpha value is -1.37. The Morgan fingerprint density at radius 3 is 2.65 bits per heavy atom. The Bertz CT molecular complexity index is 713. The highest BCUT2D eigenvalue weighted by Crippen LogP contribution is 2.27. The van der Waals surface area contributed by atoms with E-state index in [-0.39, 0.29) is 5.91 Å². The van der Waals surface area contributed by atoms with Crippen LogP contribution in [0.1, 0.15) is 23.1 Å². The minimum atomic E-state index is -0.0799. The molecule has 1 aromatic carbocycles. The van der Waals surface area contributed by atoms with Gasteiger partial charge in [-0.2, -0.15) is 4.37 Å². The maximum absolute atomic E-state index is 12.6. The fourth-order valence-electron chi connectivity index (χ4n) is 2.46. The van der Waals surface area contributed by atoms with Gasteiger partial charge in [0.05, 0.1) is 15.6 Å². The Balaban J connectivity index is 1.66. The second-order valence-corrected chi connectivity index (χ2v) is 6.74. The van der Waals surface area contributed by atoms with Crippen molar-refractivity contribution in [2.75, 3.05) is 31.1 Å². The van der Waals surface area contributed by atoms with Gasteiger partial charge in [-0.3, -0.25) is 4.79 Å². The number of nitrogens with zero attached hydrogens (tertiary/aromatic N) is 4. The number of aromatic nitrogens is 2. The van der Waals surface area contributed by atoms with Crippen molar-refractivity contribution in [2.24, 2.45) is 0 Å². The summed E-state index contributed by atoms with van der Waals surface area (Å²) in [4.78, 5) is 21.1. The highest BCUT2D eigenvalue weighted by Gasteiger charge is 2.25. The van der Waals surface area contributed by atoms with Crippen LogP contribution in [0.2, 0.25) is 10.0 Å². The van der Waals surface area contributed by atoms with Gasteiger partial charge in [0.25, 0.3) is 5.91 Å². The van der Waals surface area contributed by atoms with Gasteiger partial charge in [-0.1, -0.05) is 36.2 Å². The molecule has 0 atom stereocenters. The minimum Gasteiger partial charge on any atom is -0.343 e. The third-order valence-electron chi connectivity index (χ3n) is 3.79. The Kier molecular flexibility index (Phi) is 5.04. The molecule has 23 heavy (non-hydrogen) atoms. The van der Waals surface area contributed by atoms with Crippen LogP contribution in [-0.2, 0) is 6.42 Å². The number of amides is 1. The van der Waals surface area contributed by atoms with Crippen LogP contribution in [0, 0.1) is 0 Å². The first kappa shape index (κ1) is 16.5. The molecule has 0 N–H and O–H groups in total. The van der Waals surface area contributed by atoms with Gasteiger partial charge in [-0.25, -0.2) is 4.98 Å². The summed E-state index contributed by atoms with van der Waals surface area (Å²) in [7, 11) is 0. The number of carbonyl (C=O) groups excluding carboxylic acids is 1. The number of rotatable bonds is 3. The quantitative estimate of drug-likeness (QED) is 0.830. The molecule has 0 bridgehead atoms. The van der Waals surface area contributed by atoms with E-state index < -0.39 is 0 Å². The van der Waals surface area contributed by atoms with E-state index in [0.717, 1.165) is 30.5 Å². The van der Waals surface area contributed by atoms with Gasteiger partial charge in [0.1, 0.15) is 5.82 Å². The summed E-state index contributed by atoms with van der Waals surface area (Å²) >= 11 is 13.5. The molecule has 1 aromatic heterocycles. The van der Waals surface area contributed by atoms with Crippen LogP contribution in [0.3, 0.4) is 0 Å². The van der Waals surface area contributed by atoms with E-state index in [1.54, 1.807) is 23.1 Å². The van der Waals surface area contributed by atoms with Gasteiger partial charge in [0.2, 0.25) is 5.13 Å².